The van der Waals surface area contributed by atoms with Gasteiger partial charge in [-0.15, -0.1) is 10.2 Å². The highest BCUT2D eigenvalue weighted by molar-refractivity contribution is 7.99. The zero-order valence-corrected chi connectivity index (χ0v) is 14.3. The fourth-order valence-electron chi connectivity index (χ4n) is 2.40. The minimum atomic E-state index is -0.0680. The van der Waals surface area contributed by atoms with Crippen molar-refractivity contribution in [2.45, 2.75) is 42.4 Å². The molecule has 2 aromatic heterocycles. The Morgan fingerprint density at radius 1 is 1.13 bits per heavy atom. The van der Waals surface area contributed by atoms with Crippen LogP contribution in [0.25, 0.3) is 5.65 Å². The van der Waals surface area contributed by atoms with Gasteiger partial charge < -0.3 is 0 Å². The second kappa shape index (κ2) is 6.05. The summed E-state index contributed by atoms with van der Waals surface area (Å²) < 4.78 is 2.05. The molecule has 116 valence electrons. The standard InChI is InChI=1S/C18H18N4S/c1-18(2,3)17-21-20-16-9-8-14(12-22(16)17)23-15-7-5-4-6-13(15)10-11-19/h4-9,12H,10H2,1-3H3. The lowest BCUT2D eigenvalue weighted by Gasteiger charge is -2.16. The van der Waals surface area contributed by atoms with Gasteiger partial charge in [-0.3, -0.25) is 4.40 Å². The summed E-state index contributed by atoms with van der Waals surface area (Å²) in [6.45, 7) is 6.39. The average molecular weight is 322 g/mol. The van der Waals surface area contributed by atoms with E-state index in [1.807, 2.05) is 30.3 Å². The molecule has 0 fully saturated rings. The van der Waals surface area contributed by atoms with E-state index in [0.717, 1.165) is 26.8 Å². The maximum atomic E-state index is 8.97. The van der Waals surface area contributed by atoms with E-state index in [2.05, 4.69) is 53.7 Å². The van der Waals surface area contributed by atoms with Crippen LogP contribution in [-0.2, 0) is 11.8 Å². The third-order valence-corrected chi connectivity index (χ3v) is 4.61. The van der Waals surface area contributed by atoms with Crippen molar-refractivity contribution in [2.75, 3.05) is 0 Å². The van der Waals surface area contributed by atoms with Crippen LogP contribution in [0.5, 0.6) is 0 Å². The summed E-state index contributed by atoms with van der Waals surface area (Å²) in [6, 6.07) is 14.3. The third-order valence-electron chi connectivity index (χ3n) is 3.52. The molecule has 0 spiro atoms. The van der Waals surface area contributed by atoms with E-state index in [4.69, 9.17) is 5.26 Å². The molecule has 23 heavy (non-hydrogen) atoms. The van der Waals surface area contributed by atoms with Crippen LogP contribution in [0.3, 0.4) is 0 Å². The van der Waals surface area contributed by atoms with Crippen molar-refractivity contribution in [3.05, 3.63) is 54.0 Å². The molecule has 3 rings (SSSR count). The molecule has 2 heterocycles. The van der Waals surface area contributed by atoms with Crippen LogP contribution in [0.15, 0.2) is 52.4 Å². The van der Waals surface area contributed by atoms with Crippen LogP contribution in [0.2, 0.25) is 0 Å². The molecule has 3 aromatic rings. The van der Waals surface area contributed by atoms with Crippen molar-refractivity contribution in [1.82, 2.24) is 14.6 Å². The SMILES string of the molecule is CC(C)(C)c1nnc2ccc(Sc3ccccc3CC#N)cn12. The molecule has 0 N–H and O–H groups in total. The Morgan fingerprint density at radius 3 is 2.65 bits per heavy atom. The van der Waals surface area contributed by atoms with Gasteiger partial charge in [-0.25, -0.2) is 0 Å². The number of hydrogen-bond donors (Lipinski definition) is 0. The van der Waals surface area contributed by atoms with Crippen LogP contribution in [0.4, 0.5) is 0 Å². The van der Waals surface area contributed by atoms with Crippen molar-refractivity contribution in [3.8, 4) is 6.07 Å². The molecule has 0 aliphatic heterocycles. The first-order valence-corrected chi connectivity index (χ1v) is 8.28. The molecule has 0 atom stereocenters. The summed E-state index contributed by atoms with van der Waals surface area (Å²) in [5.41, 5.74) is 1.84. The predicted octanol–water partition coefficient (Wildman–Crippen LogP) is 4.24. The number of aromatic nitrogens is 3. The Labute approximate surface area is 140 Å². The quantitative estimate of drug-likeness (QED) is 0.723. The van der Waals surface area contributed by atoms with Gasteiger partial charge in [0.1, 0.15) is 5.82 Å². The number of benzene rings is 1. The highest BCUT2D eigenvalue weighted by Crippen LogP contribution is 2.31. The lowest BCUT2D eigenvalue weighted by Crippen LogP contribution is -2.15. The fourth-order valence-corrected chi connectivity index (χ4v) is 3.37. The minimum absolute atomic E-state index is 0.0680. The van der Waals surface area contributed by atoms with Crippen molar-refractivity contribution >= 4 is 17.4 Å². The second-order valence-corrected chi connectivity index (χ2v) is 7.53. The van der Waals surface area contributed by atoms with E-state index < -0.39 is 0 Å². The van der Waals surface area contributed by atoms with E-state index >= 15 is 0 Å². The van der Waals surface area contributed by atoms with Gasteiger partial charge >= 0.3 is 0 Å². The molecule has 0 saturated carbocycles. The zero-order chi connectivity index (χ0) is 16.4. The molecule has 0 aliphatic rings. The number of pyridine rings is 1. The lowest BCUT2D eigenvalue weighted by molar-refractivity contribution is 0.538. The highest BCUT2D eigenvalue weighted by atomic mass is 32.2. The Kier molecular flexibility index (Phi) is 4.10. The van der Waals surface area contributed by atoms with E-state index in [9.17, 15) is 0 Å². The monoisotopic (exact) mass is 322 g/mol. The molecular formula is C18H18N4S. The topological polar surface area (TPSA) is 54.0 Å². The fraction of sp³-hybridized carbons (Fsp3) is 0.278. The maximum absolute atomic E-state index is 8.97. The van der Waals surface area contributed by atoms with Crippen molar-refractivity contribution < 1.29 is 0 Å². The summed E-state index contributed by atoms with van der Waals surface area (Å²) >= 11 is 1.66. The van der Waals surface area contributed by atoms with Gasteiger partial charge in [-0.1, -0.05) is 50.7 Å². The molecular weight excluding hydrogens is 304 g/mol. The Bertz CT molecular complexity index is 884. The summed E-state index contributed by atoms with van der Waals surface area (Å²) in [4.78, 5) is 2.21. The van der Waals surface area contributed by atoms with Crippen LogP contribution in [-0.4, -0.2) is 14.6 Å². The Balaban J connectivity index is 2.00. The summed E-state index contributed by atoms with van der Waals surface area (Å²) in [5, 5.41) is 17.5. The molecule has 0 radical (unpaired) electrons. The largest absolute Gasteiger partial charge is 0.285 e. The van der Waals surface area contributed by atoms with E-state index in [0.29, 0.717) is 6.42 Å². The summed E-state index contributed by atoms with van der Waals surface area (Å²) in [7, 11) is 0. The molecule has 1 aromatic carbocycles. The van der Waals surface area contributed by atoms with Gasteiger partial charge in [0, 0.05) is 21.4 Å². The molecule has 4 nitrogen and oxygen atoms in total. The number of rotatable bonds is 3. The van der Waals surface area contributed by atoms with Gasteiger partial charge in [0.2, 0.25) is 0 Å². The van der Waals surface area contributed by atoms with Gasteiger partial charge in [0.15, 0.2) is 5.65 Å². The van der Waals surface area contributed by atoms with Crippen molar-refractivity contribution in [3.63, 3.8) is 0 Å². The summed E-state index contributed by atoms with van der Waals surface area (Å²) in [6.07, 6.45) is 2.50. The Hall–Kier alpha value is -2.32. The summed E-state index contributed by atoms with van der Waals surface area (Å²) in [5.74, 6) is 0.945. The van der Waals surface area contributed by atoms with Gasteiger partial charge in [0.25, 0.3) is 0 Å². The van der Waals surface area contributed by atoms with Crippen LogP contribution in [0, 0.1) is 11.3 Å². The number of fused-ring (bicyclic) bond motifs is 1. The zero-order valence-electron chi connectivity index (χ0n) is 13.4. The number of hydrogen-bond acceptors (Lipinski definition) is 4. The first-order valence-electron chi connectivity index (χ1n) is 7.47. The van der Waals surface area contributed by atoms with Crippen LogP contribution in [0.1, 0.15) is 32.2 Å². The van der Waals surface area contributed by atoms with E-state index in [1.165, 1.54) is 0 Å². The second-order valence-electron chi connectivity index (χ2n) is 6.41. The highest BCUT2D eigenvalue weighted by Gasteiger charge is 2.21. The predicted molar refractivity (Wildman–Crippen MR) is 91.6 cm³/mol. The van der Waals surface area contributed by atoms with Gasteiger partial charge in [-0.2, -0.15) is 5.26 Å². The minimum Gasteiger partial charge on any atom is -0.285 e. The Morgan fingerprint density at radius 2 is 1.91 bits per heavy atom. The molecule has 0 amide bonds. The van der Waals surface area contributed by atoms with Gasteiger partial charge in [-0.05, 0) is 23.8 Å². The smallest absolute Gasteiger partial charge is 0.160 e. The van der Waals surface area contributed by atoms with Crippen molar-refractivity contribution in [1.29, 1.82) is 5.26 Å². The lowest BCUT2D eigenvalue weighted by atomic mass is 9.96. The number of nitrogens with zero attached hydrogens (tertiary/aromatic N) is 4. The van der Waals surface area contributed by atoms with Gasteiger partial charge in [0.05, 0.1) is 12.5 Å². The van der Waals surface area contributed by atoms with Crippen LogP contribution < -0.4 is 0 Å². The maximum Gasteiger partial charge on any atom is 0.160 e. The van der Waals surface area contributed by atoms with E-state index in [-0.39, 0.29) is 5.41 Å². The first kappa shape index (κ1) is 15.6. The number of nitriles is 1. The average Bonchev–Trinajstić information content (AvgIpc) is 2.93. The molecule has 0 unspecified atom stereocenters. The first-order chi connectivity index (χ1) is 11.0. The third kappa shape index (κ3) is 3.22. The molecule has 0 bridgehead atoms. The molecule has 5 heteroatoms. The van der Waals surface area contributed by atoms with E-state index in [1.54, 1.807) is 11.8 Å². The normalized spacial score (nSPS) is 11.6. The van der Waals surface area contributed by atoms with Crippen LogP contribution >= 0.6 is 11.8 Å². The van der Waals surface area contributed by atoms with Crippen molar-refractivity contribution in [2.24, 2.45) is 0 Å². The molecule has 0 aliphatic carbocycles. The molecule has 0 saturated heterocycles.